The zero-order valence-electron chi connectivity index (χ0n) is 9.73. The van der Waals surface area contributed by atoms with Crippen LogP contribution in [-0.4, -0.2) is 27.7 Å². The lowest BCUT2D eigenvalue weighted by atomic mass is 10.1. The number of carbonyl (C=O) groups is 1. The molecule has 3 rings (SSSR count). The molecule has 1 aromatic heterocycles. The number of hydrogen-bond acceptors (Lipinski definition) is 5. The molecular weight excluding hydrogens is 268 g/mol. The molecule has 0 spiro atoms. The molecule has 0 bridgehead atoms. The highest BCUT2D eigenvalue weighted by Gasteiger charge is 2.37. The second kappa shape index (κ2) is 4.81. The van der Waals surface area contributed by atoms with E-state index in [2.05, 4.69) is 15.0 Å². The number of nitrogens with zero attached hydrogens (tertiary/aromatic N) is 4. The Balaban J connectivity index is 2.00. The van der Waals surface area contributed by atoms with E-state index in [0.29, 0.717) is 0 Å². The van der Waals surface area contributed by atoms with Gasteiger partial charge in [-0.3, -0.25) is 0 Å². The van der Waals surface area contributed by atoms with Crippen molar-refractivity contribution in [1.29, 1.82) is 0 Å². The molecule has 0 unspecified atom stereocenters. The van der Waals surface area contributed by atoms with Gasteiger partial charge in [0, 0.05) is 0 Å². The van der Waals surface area contributed by atoms with Crippen LogP contribution in [0.1, 0.15) is 11.6 Å². The first-order valence-electron chi connectivity index (χ1n) is 5.61. The fraction of sp³-hybridized carbons (Fsp3) is 0.167. The van der Waals surface area contributed by atoms with Crippen molar-refractivity contribution in [1.82, 2.24) is 15.0 Å². The topological polar surface area (TPSA) is 68.2 Å². The molecule has 2 aromatic rings. The zero-order valence-corrected chi connectivity index (χ0v) is 10.5. The molecule has 1 aromatic carbocycles. The van der Waals surface area contributed by atoms with E-state index in [-0.39, 0.29) is 23.9 Å². The minimum atomic E-state index is -0.490. The van der Waals surface area contributed by atoms with Crippen LogP contribution < -0.4 is 4.90 Å². The lowest BCUT2D eigenvalue weighted by Crippen LogP contribution is -2.29. The molecule has 1 fully saturated rings. The maximum absolute atomic E-state index is 11.8. The first-order chi connectivity index (χ1) is 9.25. The second-order valence-electron chi connectivity index (χ2n) is 3.93. The van der Waals surface area contributed by atoms with Crippen LogP contribution in [0.3, 0.4) is 0 Å². The molecule has 6 nitrogen and oxygen atoms in total. The van der Waals surface area contributed by atoms with Crippen molar-refractivity contribution in [3.05, 3.63) is 47.5 Å². The Bertz CT molecular complexity index is 608. The van der Waals surface area contributed by atoms with Crippen molar-refractivity contribution in [2.24, 2.45) is 0 Å². The summed E-state index contributed by atoms with van der Waals surface area (Å²) in [5.74, 6) is 0.191. The first-order valence-corrected chi connectivity index (χ1v) is 5.99. The smallest absolute Gasteiger partial charge is 0.417 e. The van der Waals surface area contributed by atoms with E-state index in [1.807, 2.05) is 30.3 Å². The number of rotatable bonds is 2. The summed E-state index contributed by atoms with van der Waals surface area (Å²) in [5.41, 5.74) is 0.949. The summed E-state index contributed by atoms with van der Waals surface area (Å²) in [6.45, 7) is 0.256. The number of carbonyl (C=O) groups excluding carboxylic acids is 1. The van der Waals surface area contributed by atoms with Gasteiger partial charge in [-0.25, -0.2) is 19.7 Å². The Labute approximate surface area is 114 Å². The van der Waals surface area contributed by atoms with Gasteiger partial charge in [-0.1, -0.05) is 30.3 Å². The summed E-state index contributed by atoms with van der Waals surface area (Å²) >= 11 is 5.72. The molecule has 0 radical (unpaired) electrons. The summed E-state index contributed by atoms with van der Waals surface area (Å²) in [5, 5.41) is 0.0384. The van der Waals surface area contributed by atoms with Crippen molar-refractivity contribution in [3.8, 4) is 0 Å². The summed E-state index contributed by atoms with van der Waals surface area (Å²) in [4.78, 5) is 24.8. The number of benzene rings is 1. The molecule has 96 valence electrons. The molecule has 1 atom stereocenters. The monoisotopic (exact) mass is 276 g/mol. The molecule has 1 amide bonds. The van der Waals surface area contributed by atoms with E-state index in [0.717, 1.165) is 5.56 Å². The van der Waals surface area contributed by atoms with Gasteiger partial charge >= 0.3 is 6.09 Å². The first kappa shape index (κ1) is 11.9. The molecule has 2 heterocycles. The van der Waals surface area contributed by atoms with Crippen molar-refractivity contribution in [2.75, 3.05) is 11.5 Å². The number of cyclic esters (lactones) is 1. The van der Waals surface area contributed by atoms with E-state index in [1.165, 1.54) is 11.2 Å². The lowest BCUT2D eigenvalue weighted by molar-refractivity contribution is 0.178. The quantitative estimate of drug-likeness (QED) is 0.841. The third-order valence-corrected chi connectivity index (χ3v) is 2.98. The van der Waals surface area contributed by atoms with Crippen molar-refractivity contribution >= 4 is 23.6 Å². The van der Waals surface area contributed by atoms with Crippen LogP contribution in [0.4, 0.5) is 10.7 Å². The van der Waals surface area contributed by atoms with Crippen LogP contribution in [0, 0.1) is 0 Å². The zero-order chi connectivity index (χ0) is 13.2. The number of anilines is 1. The average molecular weight is 277 g/mol. The lowest BCUT2D eigenvalue weighted by Gasteiger charge is -2.19. The highest BCUT2D eigenvalue weighted by atomic mass is 35.5. The molecule has 1 saturated heterocycles. The van der Waals surface area contributed by atoms with Crippen LogP contribution in [0.15, 0.2) is 36.7 Å². The van der Waals surface area contributed by atoms with Crippen molar-refractivity contribution in [2.45, 2.75) is 6.04 Å². The average Bonchev–Trinajstić information content (AvgIpc) is 2.82. The maximum Gasteiger partial charge on any atom is 0.417 e. The summed E-state index contributed by atoms with van der Waals surface area (Å²) < 4.78 is 5.07. The Morgan fingerprint density at radius 3 is 2.79 bits per heavy atom. The van der Waals surface area contributed by atoms with Crippen LogP contribution in [-0.2, 0) is 4.74 Å². The van der Waals surface area contributed by atoms with Gasteiger partial charge in [0.15, 0.2) is 0 Å². The van der Waals surface area contributed by atoms with Gasteiger partial charge in [0.05, 0.1) is 0 Å². The van der Waals surface area contributed by atoms with E-state index in [9.17, 15) is 4.79 Å². The van der Waals surface area contributed by atoms with E-state index < -0.39 is 6.09 Å². The van der Waals surface area contributed by atoms with Gasteiger partial charge in [0.25, 0.3) is 0 Å². The second-order valence-corrected chi connectivity index (χ2v) is 4.27. The Morgan fingerprint density at radius 2 is 2.05 bits per heavy atom. The maximum atomic E-state index is 11.8. The summed E-state index contributed by atoms with van der Waals surface area (Å²) in [7, 11) is 0. The predicted molar refractivity (Wildman–Crippen MR) is 67.8 cm³/mol. The van der Waals surface area contributed by atoms with Gasteiger partial charge in [-0.2, -0.15) is 4.98 Å². The number of ether oxygens (including phenoxy) is 1. The fourth-order valence-electron chi connectivity index (χ4n) is 1.95. The van der Waals surface area contributed by atoms with Gasteiger partial charge in [-0.05, 0) is 17.2 Å². The van der Waals surface area contributed by atoms with Crippen LogP contribution >= 0.6 is 11.6 Å². The Kier molecular flexibility index (Phi) is 3.00. The van der Waals surface area contributed by atoms with E-state index >= 15 is 0 Å². The van der Waals surface area contributed by atoms with Crippen LogP contribution in [0.5, 0.6) is 0 Å². The Hall–Kier alpha value is -2.21. The molecule has 1 aliphatic rings. The fourth-order valence-corrected chi connectivity index (χ4v) is 2.07. The van der Waals surface area contributed by atoms with Gasteiger partial charge in [-0.15, -0.1) is 0 Å². The van der Waals surface area contributed by atoms with Crippen molar-refractivity contribution < 1.29 is 9.53 Å². The number of halogens is 1. The minimum Gasteiger partial charge on any atom is -0.446 e. The summed E-state index contributed by atoms with van der Waals surface area (Å²) in [6.07, 6.45) is 0.773. The molecule has 7 heteroatoms. The van der Waals surface area contributed by atoms with Crippen molar-refractivity contribution in [3.63, 3.8) is 0 Å². The molecule has 0 saturated carbocycles. The highest BCUT2D eigenvalue weighted by Crippen LogP contribution is 2.30. The van der Waals surface area contributed by atoms with Crippen LogP contribution in [0.25, 0.3) is 0 Å². The van der Waals surface area contributed by atoms with Gasteiger partial charge < -0.3 is 4.74 Å². The van der Waals surface area contributed by atoms with E-state index in [1.54, 1.807) is 0 Å². The summed E-state index contributed by atoms with van der Waals surface area (Å²) in [6, 6.07) is 9.29. The largest absolute Gasteiger partial charge is 0.446 e. The standard InChI is InChI=1S/C12H9ClN4O2/c13-10-14-7-15-11(16-10)17-9(6-19-12(17)18)8-4-2-1-3-5-8/h1-5,7,9H,6H2/t9-/m1/s1. The molecule has 0 N–H and O–H groups in total. The third-order valence-electron chi connectivity index (χ3n) is 2.80. The third kappa shape index (κ3) is 2.22. The number of amides is 1. The van der Waals surface area contributed by atoms with Crippen LogP contribution in [0.2, 0.25) is 5.28 Å². The molecule has 0 aliphatic carbocycles. The Morgan fingerprint density at radius 1 is 1.26 bits per heavy atom. The molecular formula is C12H9ClN4O2. The SMILES string of the molecule is O=C1OC[C@H](c2ccccc2)N1c1ncnc(Cl)n1. The van der Waals surface area contributed by atoms with Gasteiger partial charge in [0.2, 0.25) is 11.2 Å². The highest BCUT2D eigenvalue weighted by molar-refractivity contribution is 6.28. The minimum absolute atomic E-state index is 0.0384. The normalized spacial score (nSPS) is 18.5. The van der Waals surface area contributed by atoms with Gasteiger partial charge in [0.1, 0.15) is 19.0 Å². The number of aromatic nitrogens is 3. The van der Waals surface area contributed by atoms with E-state index in [4.69, 9.17) is 16.3 Å². The molecule has 19 heavy (non-hydrogen) atoms. The number of hydrogen-bond donors (Lipinski definition) is 0. The predicted octanol–water partition coefficient (Wildman–Crippen LogP) is 2.22. The molecule has 1 aliphatic heterocycles.